The number of hydrogen-bond acceptors (Lipinski definition) is 6. The first-order valence-electron chi connectivity index (χ1n) is 14.3. The summed E-state index contributed by atoms with van der Waals surface area (Å²) in [7, 11) is -2.80. The number of sulfonamides is 1. The third kappa shape index (κ3) is 4.37. The molecule has 1 saturated carbocycles. The Balaban J connectivity index is 1.52. The van der Waals surface area contributed by atoms with Gasteiger partial charge in [0.25, 0.3) is 5.91 Å². The molecule has 8 nitrogen and oxygen atoms in total. The van der Waals surface area contributed by atoms with E-state index < -0.39 is 31.3 Å². The summed E-state index contributed by atoms with van der Waals surface area (Å²) < 4.78 is 34.4. The zero-order valence-corrected chi connectivity index (χ0v) is 25.3. The maximum absolute atomic E-state index is 14.9. The fraction of sp³-hybridized carbons (Fsp3) is 0.375. The second kappa shape index (κ2) is 10.8. The van der Waals surface area contributed by atoms with E-state index >= 15 is 0 Å². The van der Waals surface area contributed by atoms with E-state index in [4.69, 9.17) is 16.3 Å². The Labute approximate surface area is 251 Å². The number of hydrogen-bond donors (Lipinski definition) is 2. The fourth-order valence-electron chi connectivity index (χ4n) is 7.28. The van der Waals surface area contributed by atoms with Crippen LogP contribution in [0.5, 0.6) is 5.75 Å². The van der Waals surface area contributed by atoms with Gasteiger partial charge in [0.05, 0.1) is 19.4 Å². The van der Waals surface area contributed by atoms with Crippen LogP contribution in [0.4, 0.5) is 5.69 Å². The van der Waals surface area contributed by atoms with E-state index in [2.05, 4.69) is 10.6 Å². The van der Waals surface area contributed by atoms with Gasteiger partial charge in [0.1, 0.15) is 16.7 Å². The van der Waals surface area contributed by atoms with Gasteiger partial charge >= 0.3 is 15.9 Å². The average Bonchev–Trinajstić information content (AvgIpc) is 3.80. The van der Waals surface area contributed by atoms with Crippen molar-refractivity contribution in [2.45, 2.75) is 55.5 Å². The van der Waals surface area contributed by atoms with Crippen LogP contribution in [0.2, 0.25) is 5.02 Å². The summed E-state index contributed by atoms with van der Waals surface area (Å²) in [6, 6.07) is 18.4. The molecule has 2 heterocycles. The topological polar surface area (TPSA) is 102 Å². The molecule has 3 aromatic carbocycles. The zero-order chi connectivity index (χ0) is 29.7. The molecule has 42 heavy (non-hydrogen) atoms. The van der Waals surface area contributed by atoms with Gasteiger partial charge in [0.15, 0.2) is 5.69 Å². The van der Waals surface area contributed by atoms with E-state index in [9.17, 15) is 18.0 Å². The highest BCUT2D eigenvalue weighted by Gasteiger charge is 2.73. The van der Waals surface area contributed by atoms with E-state index in [0.29, 0.717) is 48.0 Å². The summed E-state index contributed by atoms with van der Waals surface area (Å²) in [5, 5.41) is 6.95. The lowest BCUT2D eigenvalue weighted by Gasteiger charge is -2.43. The minimum Gasteiger partial charge on any atom is -0.497 e. The Morgan fingerprint density at radius 1 is 1.05 bits per heavy atom. The Hall–Kier alpha value is -3.24. The van der Waals surface area contributed by atoms with Crippen LogP contribution in [-0.2, 0) is 26.8 Å². The number of amides is 2. The van der Waals surface area contributed by atoms with Crippen molar-refractivity contribution in [1.82, 2.24) is 14.5 Å². The SMILES string of the molecule is COc1cccc(S(=O)(=O)[N+]2(C(C)=O)c3ccc(C(=O)NCc4ccccc4Cl)cc3C3(CCNCC3)C2C2CC2)c1. The number of carbonyl (C=O) groups excluding carboxylic acids is 2. The number of methoxy groups -OCH3 is 1. The number of benzene rings is 3. The number of piperidine rings is 1. The number of ether oxygens (including phenoxy) is 1. The van der Waals surface area contributed by atoms with Crippen molar-refractivity contribution in [2.24, 2.45) is 5.92 Å². The largest absolute Gasteiger partial charge is 0.497 e. The summed E-state index contributed by atoms with van der Waals surface area (Å²) in [6.45, 7) is 3.04. The lowest BCUT2D eigenvalue weighted by molar-refractivity contribution is -0.126. The molecule has 3 aromatic rings. The highest BCUT2D eigenvalue weighted by atomic mass is 35.5. The maximum Gasteiger partial charge on any atom is 0.339 e. The Kier molecular flexibility index (Phi) is 7.42. The first-order chi connectivity index (χ1) is 20.2. The fourth-order valence-corrected chi connectivity index (χ4v) is 9.76. The average molecular weight is 609 g/mol. The molecule has 2 unspecified atom stereocenters. The maximum atomic E-state index is 14.9. The molecule has 1 spiro atoms. The van der Waals surface area contributed by atoms with Crippen LogP contribution >= 0.6 is 11.6 Å². The van der Waals surface area contributed by atoms with Crippen molar-refractivity contribution in [2.75, 3.05) is 20.2 Å². The van der Waals surface area contributed by atoms with Gasteiger partial charge in [0.2, 0.25) is 0 Å². The molecule has 0 bridgehead atoms. The minimum atomic E-state index is -4.29. The van der Waals surface area contributed by atoms with Crippen LogP contribution in [0.25, 0.3) is 0 Å². The molecular formula is C32H35ClN3O5S+. The number of carbonyl (C=O) groups is 2. The highest BCUT2D eigenvalue weighted by molar-refractivity contribution is 7.91. The normalized spacial score (nSPS) is 22.9. The molecule has 3 aliphatic rings. The van der Waals surface area contributed by atoms with Crippen LogP contribution in [0.1, 0.15) is 54.1 Å². The van der Waals surface area contributed by atoms with Gasteiger partial charge in [-0.3, -0.25) is 4.79 Å². The molecule has 220 valence electrons. The van der Waals surface area contributed by atoms with Crippen LogP contribution in [0.3, 0.4) is 0 Å². The first-order valence-corrected chi connectivity index (χ1v) is 16.1. The Bertz CT molecular complexity index is 1670. The van der Waals surface area contributed by atoms with E-state index in [1.165, 1.54) is 26.2 Å². The molecule has 10 heteroatoms. The molecule has 0 aromatic heterocycles. The molecule has 6 rings (SSSR count). The summed E-state index contributed by atoms with van der Waals surface area (Å²) in [5.74, 6) is -0.255. The summed E-state index contributed by atoms with van der Waals surface area (Å²) in [6.07, 6.45) is 3.07. The van der Waals surface area contributed by atoms with E-state index in [1.807, 2.05) is 24.3 Å². The molecule has 2 N–H and O–H groups in total. The van der Waals surface area contributed by atoms with Crippen molar-refractivity contribution in [3.8, 4) is 5.75 Å². The van der Waals surface area contributed by atoms with Gasteiger partial charge in [-0.2, -0.15) is 8.42 Å². The summed E-state index contributed by atoms with van der Waals surface area (Å²) in [5.41, 5.74) is 1.88. The summed E-state index contributed by atoms with van der Waals surface area (Å²) >= 11 is 6.30. The lowest BCUT2D eigenvalue weighted by Crippen LogP contribution is -2.67. The number of quaternary nitrogens is 1. The monoisotopic (exact) mass is 608 g/mol. The number of fused-ring (bicyclic) bond motifs is 2. The van der Waals surface area contributed by atoms with Crippen LogP contribution in [0, 0.1) is 5.92 Å². The number of nitrogens with one attached hydrogen (secondary N) is 2. The number of halogens is 1. The predicted molar refractivity (Wildman–Crippen MR) is 162 cm³/mol. The second-order valence-corrected chi connectivity index (χ2v) is 13.9. The van der Waals surface area contributed by atoms with E-state index in [-0.39, 0.29) is 23.3 Å². The van der Waals surface area contributed by atoms with Crippen LogP contribution in [0.15, 0.2) is 71.6 Å². The molecule has 2 amide bonds. The quantitative estimate of drug-likeness (QED) is 0.369. The van der Waals surface area contributed by atoms with Crippen LogP contribution in [-0.4, -0.2) is 46.5 Å². The third-order valence-electron chi connectivity index (χ3n) is 9.26. The van der Waals surface area contributed by atoms with Crippen molar-refractivity contribution in [3.63, 3.8) is 0 Å². The molecular weight excluding hydrogens is 574 g/mol. The Morgan fingerprint density at radius 2 is 1.79 bits per heavy atom. The predicted octanol–water partition coefficient (Wildman–Crippen LogP) is 4.93. The number of nitrogens with zero attached hydrogens (tertiary/aromatic N) is 1. The molecule has 2 fully saturated rings. The molecule has 1 saturated heterocycles. The molecule has 2 atom stereocenters. The smallest absolute Gasteiger partial charge is 0.339 e. The minimum absolute atomic E-state index is 0.0428. The van der Waals surface area contributed by atoms with E-state index in [1.54, 1.807) is 30.3 Å². The van der Waals surface area contributed by atoms with Gasteiger partial charge in [-0.05, 0) is 74.7 Å². The van der Waals surface area contributed by atoms with Gasteiger partial charge in [0, 0.05) is 40.7 Å². The third-order valence-corrected chi connectivity index (χ3v) is 11.9. The summed E-state index contributed by atoms with van der Waals surface area (Å²) in [4.78, 5) is 27.5. The van der Waals surface area contributed by atoms with Gasteiger partial charge in [-0.25, -0.2) is 4.79 Å². The Morgan fingerprint density at radius 3 is 2.45 bits per heavy atom. The van der Waals surface area contributed by atoms with Gasteiger partial charge in [-0.15, -0.1) is 3.89 Å². The zero-order valence-electron chi connectivity index (χ0n) is 23.7. The van der Waals surface area contributed by atoms with Gasteiger partial charge < -0.3 is 15.4 Å². The molecule has 2 aliphatic heterocycles. The van der Waals surface area contributed by atoms with Crippen molar-refractivity contribution >= 4 is 39.1 Å². The van der Waals surface area contributed by atoms with Crippen molar-refractivity contribution in [3.05, 3.63) is 88.4 Å². The highest BCUT2D eigenvalue weighted by Crippen LogP contribution is 2.62. The van der Waals surface area contributed by atoms with Crippen LogP contribution < -0.4 is 19.3 Å². The van der Waals surface area contributed by atoms with Gasteiger partial charge in [-0.1, -0.05) is 35.9 Å². The second-order valence-electron chi connectivity index (χ2n) is 11.5. The van der Waals surface area contributed by atoms with E-state index in [0.717, 1.165) is 24.0 Å². The molecule has 1 aliphatic carbocycles. The first kappa shape index (κ1) is 28.9. The van der Waals surface area contributed by atoms with Crippen molar-refractivity contribution in [1.29, 1.82) is 0 Å². The van der Waals surface area contributed by atoms with Crippen molar-refractivity contribution < 1.29 is 22.7 Å². The molecule has 0 radical (unpaired) electrons. The lowest BCUT2D eigenvalue weighted by atomic mass is 9.68. The number of rotatable bonds is 7. The standard InChI is InChI=1S/C32H34ClN3O5S/c1-21(37)36(42(39,40)26-8-5-7-25(19-26)41-2)29-13-12-23(31(38)35-20-24-6-3-4-9-28(24)33)18-27(29)32(14-16-34-17-15-32)30(36)22-10-11-22/h3-9,12-13,18-19,22,30,34H,10-11,14-17,20H2,1-2H3/p+1.